The quantitative estimate of drug-likeness (QED) is 0.0554. The molecule has 0 bridgehead atoms. The summed E-state index contributed by atoms with van der Waals surface area (Å²) in [7, 11) is 0. The zero-order valence-corrected chi connectivity index (χ0v) is 23.8. The predicted molar refractivity (Wildman–Crippen MR) is 147 cm³/mol. The second kappa shape index (κ2) is 16.6. The maximum Gasteiger partial charge on any atom is 0.326 e. The lowest BCUT2D eigenvalue weighted by molar-refractivity contribution is -0.144. The zero-order chi connectivity index (χ0) is 30.6. The number of carboxylic acid groups (broad SMARTS) is 1. The van der Waals surface area contributed by atoms with Crippen LogP contribution < -0.4 is 33.2 Å². The highest BCUT2D eigenvalue weighted by molar-refractivity contribution is 5.96. The van der Waals surface area contributed by atoms with Gasteiger partial charge in [0.05, 0.1) is 12.6 Å². The van der Waals surface area contributed by atoms with Crippen molar-refractivity contribution in [1.82, 2.24) is 20.9 Å². The van der Waals surface area contributed by atoms with Crippen molar-refractivity contribution in [3.05, 3.63) is 0 Å². The highest BCUT2D eigenvalue weighted by Gasteiger charge is 2.40. The highest BCUT2D eigenvalue weighted by Crippen LogP contribution is 2.21. The van der Waals surface area contributed by atoms with Crippen LogP contribution in [0.5, 0.6) is 0 Å². The molecular formula is C25H46N8O7. The Morgan fingerprint density at radius 1 is 1.00 bits per heavy atom. The molecule has 5 unspecified atom stereocenters. The molecule has 0 radical (unpaired) electrons. The molecule has 40 heavy (non-hydrogen) atoms. The van der Waals surface area contributed by atoms with Gasteiger partial charge in [-0.05, 0) is 43.9 Å². The van der Waals surface area contributed by atoms with Gasteiger partial charge in [-0.25, -0.2) is 4.79 Å². The summed E-state index contributed by atoms with van der Waals surface area (Å²) in [5.41, 5.74) is 16.5. The number of nitrogens with one attached hydrogen (secondary N) is 3. The molecule has 5 atom stereocenters. The van der Waals surface area contributed by atoms with Crippen LogP contribution in [0.25, 0.3) is 0 Å². The Morgan fingerprint density at radius 3 is 2.17 bits per heavy atom. The standard InChI is InChI=1S/C25H46N8O7/c1-13(2)11-16(24(39)40)30-21(36)17(12-34)31-22(37)18-8-6-10-33(18)23(38)19(14(3)4)32-20(35)15(26)7-5-9-29-25(27)28/h13-19,34H,5-12,26H2,1-4H3,(H,30,36)(H,31,37)(H,32,35)(H,39,40)(H4,27,28,29). The number of rotatable bonds is 16. The molecule has 1 heterocycles. The van der Waals surface area contributed by atoms with Gasteiger partial charge in [0.15, 0.2) is 5.96 Å². The van der Waals surface area contributed by atoms with Crippen LogP contribution in [0.4, 0.5) is 0 Å². The van der Waals surface area contributed by atoms with Gasteiger partial charge in [-0.3, -0.25) is 24.2 Å². The number of amides is 4. The fraction of sp³-hybridized carbons (Fsp3) is 0.760. The van der Waals surface area contributed by atoms with Crippen molar-refractivity contribution in [2.24, 2.45) is 34.0 Å². The fourth-order valence-corrected chi connectivity index (χ4v) is 4.33. The number of nitrogens with two attached hydrogens (primary N) is 3. The molecule has 4 amide bonds. The Hall–Kier alpha value is -3.46. The van der Waals surface area contributed by atoms with E-state index in [0.29, 0.717) is 32.2 Å². The summed E-state index contributed by atoms with van der Waals surface area (Å²) in [5, 5.41) is 26.6. The molecule has 15 heteroatoms. The molecule has 15 nitrogen and oxygen atoms in total. The fourth-order valence-electron chi connectivity index (χ4n) is 4.33. The van der Waals surface area contributed by atoms with Crippen molar-refractivity contribution in [3.63, 3.8) is 0 Å². The van der Waals surface area contributed by atoms with Crippen LogP contribution >= 0.6 is 0 Å². The van der Waals surface area contributed by atoms with E-state index in [2.05, 4.69) is 20.9 Å². The summed E-state index contributed by atoms with van der Waals surface area (Å²) < 4.78 is 0. The number of carboxylic acids is 1. The minimum absolute atomic E-state index is 0.0183. The van der Waals surface area contributed by atoms with Gasteiger partial charge in [0.2, 0.25) is 23.6 Å². The second-order valence-electron chi connectivity index (χ2n) is 10.7. The van der Waals surface area contributed by atoms with Crippen molar-refractivity contribution in [1.29, 1.82) is 0 Å². The third-order valence-corrected chi connectivity index (χ3v) is 6.51. The first-order valence-electron chi connectivity index (χ1n) is 13.6. The number of nitrogens with zero attached hydrogens (tertiary/aromatic N) is 2. The summed E-state index contributed by atoms with van der Waals surface area (Å²) in [6.45, 7) is 6.90. The number of aliphatic hydroxyl groups excluding tert-OH is 1. The molecule has 1 aliphatic rings. The lowest BCUT2D eigenvalue weighted by atomic mass is 10.0. The van der Waals surface area contributed by atoms with Crippen LogP contribution in [-0.4, -0.2) is 101 Å². The van der Waals surface area contributed by atoms with Crippen molar-refractivity contribution in [2.45, 2.75) is 90.0 Å². The Kier molecular flexibility index (Phi) is 14.3. The number of guanidine groups is 1. The van der Waals surface area contributed by atoms with Crippen molar-refractivity contribution >= 4 is 35.6 Å². The van der Waals surface area contributed by atoms with Gasteiger partial charge in [0.25, 0.3) is 0 Å². The molecule has 1 fully saturated rings. The van der Waals surface area contributed by atoms with Crippen LogP contribution in [0.1, 0.15) is 59.8 Å². The molecule has 0 aromatic rings. The molecule has 0 saturated carbocycles. The first-order chi connectivity index (χ1) is 18.7. The molecule has 0 aromatic heterocycles. The molecule has 11 N–H and O–H groups in total. The van der Waals surface area contributed by atoms with Gasteiger partial charge in [-0.2, -0.15) is 0 Å². The number of likely N-dealkylation sites (tertiary alicyclic amines) is 1. The molecular weight excluding hydrogens is 524 g/mol. The molecule has 228 valence electrons. The van der Waals surface area contributed by atoms with E-state index in [4.69, 9.17) is 17.2 Å². The third kappa shape index (κ3) is 11.0. The van der Waals surface area contributed by atoms with E-state index in [1.54, 1.807) is 27.7 Å². The summed E-state index contributed by atoms with van der Waals surface area (Å²) in [6, 6.07) is -5.37. The molecule has 0 spiro atoms. The van der Waals surface area contributed by atoms with E-state index >= 15 is 0 Å². The van der Waals surface area contributed by atoms with Crippen molar-refractivity contribution in [2.75, 3.05) is 19.7 Å². The topological polar surface area (TPSA) is 256 Å². The van der Waals surface area contributed by atoms with Crippen LogP contribution in [0.15, 0.2) is 4.99 Å². The van der Waals surface area contributed by atoms with E-state index < -0.39 is 66.4 Å². The van der Waals surface area contributed by atoms with Crippen LogP contribution in [-0.2, 0) is 24.0 Å². The first kappa shape index (κ1) is 34.6. The average Bonchev–Trinajstić information content (AvgIpc) is 3.36. The Bertz CT molecular complexity index is 923. The molecule has 0 aliphatic carbocycles. The smallest absolute Gasteiger partial charge is 0.326 e. The summed E-state index contributed by atoms with van der Waals surface area (Å²) in [4.78, 5) is 68.6. The van der Waals surface area contributed by atoms with E-state index in [0.717, 1.165) is 0 Å². The van der Waals surface area contributed by atoms with Crippen LogP contribution in [0, 0.1) is 11.8 Å². The van der Waals surface area contributed by atoms with Crippen molar-refractivity contribution < 1.29 is 34.2 Å². The van der Waals surface area contributed by atoms with E-state index in [9.17, 15) is 34.2 Å². The van der Waals surface area contributed by atoms with E-state index in [1.807, 2.05) is 0 Å². The van der Waals surface area contributed by atoms with Gasteiger partial charge in [0, 0.05) is 13.1 Å². The SMILES string of the molecule is CC(C)CC(NC(=O)C(CO)NC(=O)C1CCCN1C(=O)C(NC(=O)C(N)CCCN=C(N)N)C(C)C)C(=O)O. The Labute approximate surface area is 234 Å². The number of carbonyl (C=O) groups excluding carboxylic acids is 4. The minimum atomic E-state index is -1.41. The van der Waals surface area contributed by atoms with E-state index in [-0.39, 0.29) is 30.8 Å². The monoisotopic (exact) mass is 570 g/mol. The maximum atomic E-state index is 13.5. The summed E-state index contributed by atoms with van der Waals surface area (Å²) in [6.07, 6.45) is 1.75. The number of aliphatic hydroxyl groups is 1. The lowest BCUT2D eigenvalue weighted by Gasteiger charge is -2.31. The summed E-state index contributed by atoms with van der Waals surface area (Å²) in [5.74, 6) is -4.14. The number of hydrogen-bond donors (Lipinski definition) is 8. The first-order valence-corrected chi connectivity index (χ1v) is 13.6. The number of aliphatic carboxylic acids is 1. The van der Waals surface area contributed by atoms with Crippen LogP contribution in [0.3, 0.4) is 0 Å². The van der Waals surface area contributed by atoms with Gasteiger partial charge >= 0.3 is 5.97 Å². The van der Waals surface area contributed by atoms with Gasteiger partial charge in [-0.1, -0.05) is 27.7 Å². The second-order valence-corrected chi connectivity index (χ2v) is 10.7. The van der Waals surface area contributed by atoms with Crippen molar-refractivity contribution in [3.8, 4) is 0 Å². The summed E-state index contributed by atoms with van der Waals surface area (Å²) >= 11 is 0. The number of hydrogen-bond acceptors (Lipinski definition) is 8. The molecule has 1 saturated heterocycles. The zero-order valence-electron chi connectivity index (χ0n) is 23.8. The van der Waals surface area contributed by atoms with Gasteiger partial charge < -0.3 is 48.3 Å². The molecule has 1 rings (SSSR count). The van der Waals surface area contributed by atoms with E-state index in [1.165, 1.54) is 4.90 Å². The number of carbonyl (C=O) groups is 5. The van der Waals surface area contributed by atoms with Gasteiger partial charge in [0.1, 0.15) is 24.2 Å². The largest absolute Gasteiger partial charge is 0.480 e. The average molecular weight is 571 g/mol. The normalized spacial score (nSPS) is 18.0. The molecule has 1 aliphatic heterocycles. The van der Waals surface area contributed by atoms with Crippen LogP contribution in [0.2, 0.25) is 0 Å². The number of aliphatic imine (C=N–C) groups is 1. The maximum absolute atomic E-state index is 13.5. The minimum Gasteiger partial charge on any atom is -0.480 e. The van der Waals surface area contributed by atoms with Gasteiger partial charge in [-0.15, -0.1) is 0 Å². The highest BCUT2D eigenvalue weighted by atomic mass is 16.4. The lowest BCUT2D eigenvalue weighted by Crippen LogP contribution is -2.59. The predicted octanol–water partition coefficient (Wildman–Crippen LogP) is -2.41. The Morgan fingerprint density at radius 2 is 1.65 bits per heavy atom. The Balaban J connectivity index is 2.87. The third-order valence-electron chi connectivity index (χ3n) is 6.51. The molecule has 0 aromatic carbocycles.